The predicted molar refractivity (Wildman–Crippen MR) is 68.6 cm³/mol. The van der Waals surface area contributed by atoms with Gasteiger partial charge in [0.1, 0.15) is 6.67 Å². The maximum Gasteiger partial charge on any atom is 0.150 e. The van der Waals surface area contributed by atoms with E-state index in [4.69, 9.17) is 0 Å². The van der Waals surface area contributed by atoms with Gasteiger partial charge in [-0.3, -0.25) is 0 Å². The van der Waals surface area contributed by atoms with Crippen LogP contribution in [0.2, 0.25) is 0 Å². The third-order valence-electron chi connectivity index (χ3n) is 2.31. The molecule has 0 saturated heterocycles. The van der Waals surface area contributed by atoms with E-state index in [1.807, 2.05) is 54.6 Å². The summed E-state index contributed by atoms with van der Waals surface area (Å²) in [7, 11) is 0. The monoisotopic (exact) mass is 224 g/mol. The van der Waals surface area contributed by atoms with Gasteiger partial charge in [-0.15, -0.1) is 4.91 Å². The van der Waals surface area contributed by atoms with Crippen LogP contribution in [-0.4, -0.2) is 6.67 Å². The fraction of sp³-hybridized carbons (Fsp3) is 0.0714. The van der Waals surface area contributed by atoms with Crippen molar-refractivity contribution in [2.75, 3.05) is 12.0 Å². The van der Waals surface area contributed by atoms with Crippen LogP contribution in [0.4, 0.5) is 5.69 Å². The minimum absolute atomic E-state index is 0.0630. The highest BCUT2D eigenvalue weighted by Gasteiger charge is 2.03. The van der Waals surface area contributed by atoms with Crippen LogP contribution in [0, 0.1) is 11.3 Å². The molecular weight excluding hydrogens is 212 g/mol. The average molecular weight is 224 g/mol. The first kappa shape index (κ1) is 11.3. The summed E-state index contributed by atoms with van der Waals surface area (Å²) < 4.78 is 0. The number of nitrogens with zero attached hydrogens (tertiary/aromatic N) is 1. The molecule has 17 heavy (non-hydrogen) atoms. The Balaban J connectivity index is 2.17. The molecule has 0 fully saturated rings. The van der Waals surface area contributed by atoms with Gasteiger partial charge in [-0.25, -0.2) is 0 Å². The summed E-state index contributed by atoms with van der Waals surface area (Å²) in [5.41, 5.74) is 2.78. The Hall–Kier alpha value is -2.16. The molecule has 0 aliphatic rings. The Kier molecular flexibility index (Phi) is 3.86. The normalized spacial score (nSPS) is 9.88. The smallest absolute Gasteiger partial charge is 0.150 e. The zero-order chi connectivity index (χ0) is 11.9. The Morgan fingerprint density at radius 2 is 1.71 bits per heavy atom. The molecule has 2 aromatic rings. The van der Waals surface area contributed by atoms with Gasteiger partial charge in [-0.05, 0) is 22.4 Å². The van der Waals surface area contributed by atoms with Crippen molar-refractivity contribution >= 4 is 5.69 Å². The molecule has 0 saturated carbocycles. The lowest BCUT2D eigenvalue weighted by Crippen LogP contribution is -2.00. The Bertz CT molecular complexity index is 483. The van der Waals surface area contributed by atoms with Crippen molar-refractivity contribution in [1.29, 1.82) is 0 Å². The largest absolute Gasteiger partial charge is 0.363 e. The van der Waals surface area contributed by atoms with Gasteiger partial charge in [0.25, 0.3) is 0 Å². The molecule has 0 unspecified atom stereocenters. The van der Waals surface area contributed by atoms with Crippen LogP contribution in [-0.2, 0) is 0 Å². The lowest BCUT2D eigenvalue weighted by Gasteiger charge is -2.08. The van der Waals surface area contributed by atoms with Crippen molar-refractivity contribution in [3.05, 3.63) is 77.1 Å². The van der Waals surface area contributed by atoms with Crippen LogP contribution >= 0.6 is 0 Å². The third kappa shape index (κ3) is 3.14. The van der Waals surface area contributed by atoms with Crippen LogP contribution in [0.1, 0.15) is 11.1 Å². The van der Waals surface area contributed by atoms with Gasteiger partial charge in [0.05, 0.1) is 6.42 Å². The summed E-state index contributed by atoms with van der Waals surface area (Å²) >= 11 is 0. The molecular formula is C14H12N2O. The molecule has 2 rings (SSSR count). The van der Waals surface area contributed by atoms with E-state index in [0.29, 0.717) is 0 Å². The highest BCUT2D eigenvalue weighted by atomic mass is 16.3. The lowest BCUT2D eigenvalue weighted by molar-refractivity contribution is 1.12. The summed E-state index contributed by atoms with van der Waals surface area (Å²) in [5, 5.41) is 5.73. The summed E-state index contributed by atoms with van der Waals surface area (Å²) in [4.78, 5) is 10.1. The van der Waals surface area contributed by atoms with E-state index in [-0.39, 0.29) is 6.67 Å². The third-order valence-corrected chi connectivity index (χ3v) is 2.31. The van der Waals surface area contributed by atoms with Gasteiger partial charge >= 0.3 is 0 Å². The van der Waals surface area contributed by atoms with E-state index in [1.165, 1.54) is 0 Å². The van der Waals surface area contributed by atoms with E-state index >= 15 is 0 Å². The van der Waals surface area contributed by atoms with Crippen molar-refractivity contribution in [2.45, 2.75) is 0 Å². The highest BCUT2D eigenvalue weighted by molar-refractivity contribution is 5.57. The van der Waals surface area contributed by atoms with Crippen LogP contribution in [0.15, 0.2) is 59.8 Å². The fourth-order valence-electron chi connectivity index (χ4n) is 1.54. The second-order valence-electron chi connectivity index (χ2n) is 3.50. The van der Waals surface area contributed by atoms with Gasteiger partial charge in [-0.2, -0.15) is 0 Å². The Labute approximate surface area is 100 Å². The molecule has 0 atom stereocenters. The molecule has 0 heterocycles. The van der Waals surface area contributed by atoms with Gasteiger partial charge in [-0.1, -0.05) is 48.5 Å². The maximum absolute atomic E-state index is 10.1. The standard InChI is InChI=1S/C14H12N2O/c17-16-11-15-14-9-5-4-8-13(14)10-12-6-2-1-3-7-12/h1-9,15H,11H2. The molecule has 1 N–H and O–H groups in total. The molecule has 0 aromatic heterocycles. The molecule has 84 valence electrons. The number of nitrogens with one attached hydrogen (secondary N) is 1. The van der Waals surface area contributed by atoms with Gasteiger partial charge < -0.3 is 5.32 Å². The van der Waals surface area contributed by atoms with Crippen LogP contribution in [0.3, 0.4) is 0 Å². The lowest BCUT2D eigenvalue weighted by atomic mass is 10.0. The number of para-hydroxylation sites is 1. The second-order valence-corrected chi connectivity index (χ2v) is 3.50. The van der Waals surface area contributed by atoms with E-state index in [0.717, 1.165) is 16.8 Å². The SMILES string of the molecule is O=NCNc1ccccc1[C]c1ccccc1. The zero-order valence-electron chi connectivity index (χ0n) is 9.26. The van der Waals surface area contributed by atoms with Gasteiger partial charge in [0.2, 0.25) is 0 Å². The predicted octanol–water partition coefficient (Wildman–Crippen LogP) is 3.30. The molecule has 0 aliphatic carbocycles. The van der Waals surface area contributed by atoms with E-state index in [1.54, 1.807) is 0 Å². The minimum atomic E-state index is 0.0630. The molecule has 2 aromatic carbocycles. The van der Waals surface area contributed by atoms with Gasteiger partial charge in [0.15, 0.2) is 0 Å². The number of anilines is 1. The first-order valence-corrected chi connectivity index (χ1v) is 5.34. The maximum atomic E-state index is 10.1. The average Bonchev–Trinajstić information content (AvgIpc) is 2.39. The molecule has 2 radical (unpaired) electrons. The van der Waals surface area contributed by atoms with E-state index in [2.05, 4.69) is 16.9 Å². The first-order valence-electron chi connectivity index (χ1n) is 5.34. The number of benzene rings is 2. The van der Waals surface area contributed by atoms with Crippen LogP contribution in [0.25, 0.3) is 0 Å². The second kappa shape index (κ2) is 5.80. The van der Waals surface area contributed by atoms with Crippen molar-refractivity contribution in [3.63, 3.8) is 0 Å². The van der Waals surface area contributed by atoms with Crippen molar-refractivity contribution in [3.8, 4) is 0 Å². The topological polar surface area (TPSA) is 41.5 Å². The van der Waals surface area contributed by atoms with Crippen molar-refractivity contribution in [1.82, 2.24) is 0 Å². The molecule has 0 spiro atoms. The summed E-state index contributed by atoms with van der Waals surface area (Å²) in [6.45, 7) is 0.0630. The van der Waals surface area contributed by atoms with Crippen LogP contribution in [0.5, 0.6) is 0 Å². The number of hydrogen-bond acceptors (Lipinski definition) is 3. The fourth-order valence-corrected chi connectivity index (χ4v) is 1.54. The molecule has 0 bridgehead atoms. The van der Waals surface area contributed by atoms with E-state index < -0.39 is 0 Å². The number of rotatable bonds is 5. The Morgan fingerprint density at radius 3 is 2.47 bits per heavy atom. The van der Waals surface area contributed by atoms with Crippen molar-refractivity contribution in [2.24, 2.45) is 5.18 Å². The molecule has 0 aliphatic heterocycles. The van der Waals surface area contributed by atoms with Crippen molar-refractivity contribution < 1.29 is 0 Å². The molecule has 3 nitrogen and oxygen atoms in total. The summed E-state index contributed by atoms with van der Waals surface area (Å²) in [5.74, 6) is 0. The molecule has 3 heteroatoms. The quantitative estimate of drug-likeness (QED) is 0.792. The first-order chi connectivity index (χ1) is 8.40. The summed E-state index contributed by atoms with van der Waals surface area (Å²) in [6, 6.07) is 17.5. The molecule has 0 amide bonds. The zero-order valence-corrected chi connectivity index (χ0v) is 9.26. The number of nitroso groups, excluding NO2 is 1. The summed E-state index contributed by atoms with van der Waals surface area (Å²) in [6.07, 6.45) is 3.28. The Morgan fingerprint density at radius 1 is 1.00 bits per heavy atom. The van der Waals surface area contributed by atoms with E-state index in [9.17, 15) is 4.91 Å². The minimum Gasteiger partial charge on any atom is -0.363 e. The van der Waals surface area contributed by atoms with Gasteiger partial charge in [0, 0.05) is 5.69 Å². The number of hydrogen-bond donors (Lipinski definition) is 1. The van der Waals surface area contributed by atoms with Crippen LogP contribution < -0.4 is 5.32 Å². The highest BCUT2D eigenvalue weighted by Crippen LogP contribution is 2.20.